The van der Waals surface area contributed by atoms with E-state index in [0.29, 0.717) is 12.1 Å². The quantitative estimate of drug-likeness (QED) is 0.820. The molecule has 1 aromatic rings. The predicted molar refractivity (Wildman–Crippen MR) is 58.5 cm³/mol. The van der Waals surface area contributed by atoms with Crippen LogP contribution in [0.25, 0.3) is 0 Å². The van der Waals surface area contributed by atoms with Crippen LogP contribution < -0.4 is 5.32 Å². The summed E-state index contributed by atoms with van der Waals surface area (Å²) in [6.07, 6.45) is -11.3. The molecule has 0 aliphatic carbocycles. The average Bonchev–Trinajstić information content (AvgIpc) is 2.27. The largest absolute Gasteiger partial charge is 0.402 e. The Morgan fingerprint density at radius 3 is 1.76 bits per heavy atom. The van der Waals surface area contributed by atoms with E-state index in [1.165, 1.54) is 0 Å². The van der Waals surface area contributed by atoms with Crippen LogP contribution in [0.15, 0.2) is 12.1 Å². The van der Waals surface area contributed by atoms with E-state index in [9.17, 15) is 35.1 Å². The predicted octanol–water partition coefficient (Wildman–Crippen LogP) is 4.27. The van der Waals surface area contributed by atoms with Gasteiger partial charge in [0, 0.05) is 5.56 Å². The lowest BCUT2D eigenvalue weighted by Gasteiger charge is -2.31. The molecule has 21 heavy (non-hydrogen) atoms. The van der Waals surface area contributed by atoms with Crippen molar-refractivity contribution in [2.24, 2.45) is 5.92 Å². The molecule has 0 saturated heterocycles. The Bertz CT molecular complexity index is 491. The first-order chi connectivity index (χ1) is 9.39. The number of rotatable bonds is 3. The molecule has 0 spiro atoms. The fourth-order valence-corrected chi connectivity index (χ4v) is 1.97. The van der Waals surface area contributed by atoms with Gasteiger partial charge < -0.3 is 5.32 Å². The Labute approximate surface area is 114 Å². The monoisotopic (exact) mass is 321 g/mol. The highest BCUT2D eigenvalue weighted by Crippen LogP contribution is 2.46. The van der Waals surface area contributed by atoms with Crippen molar-refractivity contribution in [2.75, 3.05) is 7.05 Å². The molecule has 1 aromatic carbocycles. The molecule has 0 aliphatic rings. The van der Waals surface area contributed by atoms with Gasteiger partial charge in [0.1, 0.15) is 11.6 Å². The zero-order valence-electron chi connectivity index (χ0n) is 10.8. The fourth-order valence-electron chi connectivity index (χ4n) is 1.97. The van der Waals surface area contributed by atoms with Crippen LogP contribution in [0.5, 0.6) is 0 Å². The van der Waals surface area contributed by atoms with E-state index in [2.05, 4.69) is 0 Å². The molecule has 0 heterocycles. The van der Waals surface area contributed by atoms with Gasteiger partial charge in [-0.3, -0.25) is 0 Å². The van der Waals surface area contributed by atoms with E-state index in [-0.39, 0.29) is 5.56 Å². The average molecular weight is 321 g/mol. The first-order valence-corrected chi connectivity index (χ1v) is 5.65. The van der Waals surface area contributed by atoms with Gasteiger partial charge in [-0.25, -0.2) is 8.78 Å². The van der Waals surface area contributed by atoms with E-state index in [0.717, 1.165) is 14.0 Å². The van der Waals surface area contributed by atoms with E-state index in [4.69, 9.17) is 0 Å². The molecule has 0 saturated carbocycles. The van der Waals surface area contributed by atoms with Crippen LogP contribution in [0.3, 0.4) is 0 Å². The van der Waals surface area contributed by atoms with Crippen molar-refractivity contribution in [3.63, 3.8) is 0 Å². The van der Waals surface area contributed by atoms with Crippen molar-refractivity contribution < 1.29 is 35.1 Å². The van der Waals surface area contributed by atoms with Gasteiger partial charge in [0.2, 0.25) is 0 Å². The molecule has 1 nitrogen and oxygen atoms in total. The maximum Gasteiger partial charge on any atom is 0.402 e. The minimum absolute atomic E-state index is 0.221. The molecular formula is C12H11F8N. The smallest absolute Gasteiger partial charge is 0.312 e. The minimum Gasteiger partial charge on any atom is -0.312 e. The molecule has 1 N–H and O–H groups in total. The van der Waals surface area contributed by atoms with Gasteiger partial charge in [0.05, 0.1) is 6.04 Å². The van der Waals surface area contributed by atoms with Crippen LogP contribution in [-0.2, 0) is 0 Å². The summed E-state index contributed by atoms with van der Waals surface area (Å²) >= 11 is 0. The Kier molecular flexibility index (Phi) is 4.87. The lowest BCUT2D eigenvalue weighted by Crippen LogP contribution is -2.45. The Hall–Kier alpha value is -1.38. The van der Waals surface area contributed by atoms with Gasteiger partial charge in [-0.2, -0.15) is 26.3 Å². The molecule has 1 rings (SSSR count). The van der Waals surface area contributed by atoms with Crippen LogP contribution in [0.2, 0.25) is 0 Å². The van der Waals surface area contributed by atoms with Crippen LogP contribution in [0.1, 0.15) is 17.2 Å². The zero-order valence-corrected chi connectivity index (χ0v) is 10.8. The van der Waals surface area contributed by atoms with Crippen molar-refractivity contribution in [2.45, 2.75) is 25.3 Å². The summed E-state index contributed by atoms with van der Waals surface area (Å²) in [4.78, 5) is 0. The summed E-state index contributed by atoms with van der Waals surface area (Å²) in [6.45, 7) is 1.14. The highest BCUT2D eigenvalue weighted by atomic mass is 19.4. The molecule has 120 valence electrons. The number of alkyl halides is 6. The summed E-state index contributed by atoms with van der Waals surface area (Å²) in [6, 6.07) is -1.59. The number of hydrogen-bond donors (Lipinski definition) is 1. The third-order valence-corrected chi connectivity index (χ3v) is 2.96. The fraction of sp³-hybridized carbons (Fsp3) is 0.500. The number of hydrogen-bond acceptors (Lipinski definition) is 1. The molecule has 0 fully saturated rings. The van der Waals surface area contributed by atoms with Crippen molar-refractivity contribution >= 4 is 0 Å². The zero-order chi connectivity index (χ0) is 16.6. The third kappa shape index (κ3) is 3.84. The first kappa shape index (κ1) is 17.7. The van der Waals surface area contributed by atoms with E-state index < -0.39 is 41.5 Å². The second kappa shape index (κ2) is 5.78. The highest BCUT2D eigenvalue weighted by Gasteiger charge is 2.60. The minimum atomic E-state index is -5.67. The van der Waals surface area contributed by atoms with Gasteiger partial charge in [0.25, 0.3) is 0 Å². The van der Waals surface area contributed by atoms with Gasteiger partial charge >= 0.3 is 12.4 Å². The molecule has 0 amide bonds. The molecule has 0 aromatic heterocycles. The molecule has 0 bridgehead atoms. The summed E-state index contributed by atoms with van der Waals surface area (Å²) in [5.41, 5.74) is -1.25. The van der Waals surface area contributed by atoms with Crippen LogP contribution in [0.4, 0.5) is 35.1 Å². The normalized spacial score (nSPS) is 14.6. The maximum atomic E-state index is 13.7. The Balaban J connectivity index is 3.44. The number of benzene rings is 1. The van der Waals surface area contributed by atoms with Gasteiger partial charge in [-0.05, 0) is 31.7 Å². The van der Waals surface area contributed by atoms with Crippen LogP contribution >= 0.6 is 0 Å². The summed E-state index contributed by atoms with van der Waals surface area (Å²) in [5.74, 6) is -6.28. The Morgan fingerprint density at radius 1 is 0.905 bits per heavy atom. The highest BCUT2D eigenvalue weighted by molar-refractivity contribution is 5.28. The maximum absolute atomic E-state index is 13.7. The second-order valence-corrected chi connectivity index (χ2v) is 4.45. The van der Waals surface area contributed by atoms with Gasteiger partial charge in [0.15, 0.2) is 5.92 Å². The summed E-state index contributed by atoms with van der Waals surface area (Å²) in [5, 5.41) is 1.77. The molecule has 0 radical (unpaired) electrons. The molecule has 1 unspecified atom stereocenters. The summed E-state index contributed by atoms with van der Waals surface area (Å²) in [7, 11) is 0.812. The third-order valence-electron chi connectivity index (χ3n) is 2.96. The first-order valence-electron chi connectivity index (χ1n) is 5.65. The number of halogens is 8. The van der Waals surface area contributed by atoms with Crippen molar-refractivity contribution in [3.05, 3.63) is 34.9 Å². The Morgan fingerprint density at radius 2 is 1.38 bits per heavy atom. The van der Waals surface area contributed by atoms with Crippen molar-refractivity contribution in [3.8, 4) is 0 Å². The lowest BCUT2D eigenvalue weighted by atomic mass is 9.90. The molecular weight excluding hydrogens is 310 g/mol. The van der Waals surface area contributed by atoms with Crippen molar-refractivity contribution in [1.82, 2.24) is 5.32 Å². The molecule has 0 aliphatic heterocycles. The van der Waals surface area contributed by atoms with E-state index in [1.807, 2.05) is 0 Å². The SMILES string of the molecule is CNC(c1cc(F)c(C)cc1F)C(C(F)(F)F)C(F)(F)F. The topological polar surface area (TPSA) is 12.0 Å². The van der Waals surface area contributed by atoms with E-state index in [1.54, 1.807) is 5.32 Å². The summed E-state index contributed by atoms with van der Waals surface area (Å²) < 4.78 is 103. The lowest BCUT2D eigenvalue weighted by molar-refractivity contribution is -0.292. The van der Waals surface area contributed by atoms with E-state index >= 15 is 0 Å². The second-order valence-electron chi connectivity index (χ2n) is 4.45. The number of nitrogens with one attached hydrogen (secondary N) is 1. The molecule has 1 atom stereocenters. The standard InChI is InChI=1S/C12H11F8N/c1-5-3-8(14)6(4-7(5)13)9(21-2)10(11(15,16)17)12(18,19)20/h3-4,9-10,21H,1-2H3. The molecule has 9 heteroatoms. The van der Waals surface area contributed by atoms with Gasteiger partial charge in [-0.1, -0.05) is 0 Å². The van der Waals surface area contributed by atoms with Gasteiger partial charge in [-0.15, -0.1) is 0 Å². The van der Waals surface area contributed by atoms with Crippen molar-refractivity contribution in [1.29, 1.82) is 0 Å². The van der Waals surface area contributed by atoms with Crippen LogP contribution in [0, 0.1) is 24.5 Å². The van der Waals surface area contributed by atoms with Crippen LogP contribution in [-0.4, -0.2) is 19.4 Å². The number of aryl methyl sites for hydroxylation is 1.